The van der Waals surface area contributed by atoms with Gasteiger partial charge in [-0.05, 0) is 42.5 Å². The predicted molar refractivity (Wildman–Crippen MR) is 130 cm³/mol. The van der Waals surface area contributed by atoms with Gasteiger partial charge in [0.05, 0.1) is 23.7 Å². The Hall–Kier alpha value is -3.21. The normalized spacial score (nSPS) is 14.5. The summed E-state index contributed by atoms with van der Waals surface area (Å²) in [4.78, 5) is 26.9. The number of rotatable bonds is 7. The molecule has 3 aromatic rings. The summed E-state index contributed by atoms with van der Waals surface area (Å²) < 4.78 is 38.2. The van der Waals surface area contributed by atoms with E-state index >= 15 is 0 Å². The van der Waals surface area contributed by atoms with Gasteiger partial charge in [-0.25, -0.2) is 13.2 Å². The van der Waals surface area contributed by atoms with Crippen LogP contribution in [0.25, 0.3) is 11.0 Å². The van der Waals surface area contributed by atoms with Crippen LogP contribution in [0, 0.1) is 0 Å². The molecule has 0 saturated carbocycles. The van der Waals surface area contributed by atoms with Crippen LogP contribution in [0.5, 0.6) is 0 Å². The van der Waals surface area contributed by atoms with Crippen molar-refractivity contribution in [2.45, 2.75) is 18.7 Å². The second kappa shape index (κ2) is 9.96. The molecule has 1 amide bonds. The van der Waals surface area contributed by atoms with E-state index in [-0.39, 0.29) is 10.5 Å². The smallest absolute Gasteiger partial charge is 0.336 e. The Morgan fingerprint density at radius 2 is 1.76 bits per heavy atom. The van der Waals surface area contributed by atoms with Gasteiger partial charge in [0.2, 0.25) is 10.0 Å². The number of hydrogen-bond donors (Lipinski definition) is 1. The molecule has 1 fully saturated rings. The van der Waals surface area contributed by atoms with Gasteiger partial charge < -0.3 is 19.4 Å². The topological polar surface area (TPSA) is 109 Å². The van der Waals surface area contributed by atoms with Crippen LogP contribution in [0.1, 0.15) is 24.2 Å². The molecule has 0 bridgehead atoms. The van der Waals surface area contributed by atoms with Crippen molar-refractivity contribution in [2.75, 3.05) is 49.6 Å². The highest BCUT2D eigenvalue weighted by atomic mass is 32.2. The number of carbonyl (C=O) groups excluding carboxylic acids is 1. The Balaban J connectivity index is 1.73. The van der Waals surface area contributed by atoms with Gasteiger partial charge >= 0.3 is 5.63 Å². The monoisotopic (exact) mass is 485 g/mol. The van der Waals surface area contributed by atoms with Gasteiger partial charge in [0.25, 0.3) is 5.91 Å². The molecule has 2 aromatic carbocycles. The van der Waals surface area contributed by atoms with E-state index in [1.807, 2.05) is 4.90 Å². The van der Waals surface area contributed by atoms with E-state index in [1.54, 1.807) is 50.2 Å². The van der Waals surface area contributed by atoms with Crippen LogP contribution in [-0.2, 0) is 14.8 Å². The Morgan fingerprint density at radius 1 is 1.03 bits per heavy atom. The number of ether oxygens (including phenoxy) is 1. The molecule has 10 heteroatoms. The van der Waals surface area contributed by atoms with E-state index in [1.165, 1.54) is 16.4 Å². The minimum Gasteiger partial charge on any atom is -0.423 e. The van der Waals surface area contributed by atoms with E-state index < -0.39 is 21.6 Å². The number of nitrogens with zero attached hydrogens (tertiary/aromatic N) is 2. The molecule has 0 radical (unpaired) electrons. The number of benzene rings is 2. The first-order valence-corrected chi connectivity index (χ1v) is 12.6. The van der Waals surface area contributed by atoms with Crippen LogP contribution >= 0.6 is 0 Å². The molecule has 1 aliphatic rings. The van der Waals surface area contributed by atoms with Crippen molar-refractivity contribution in [3.05, 3.63) is 64.5 Å². The lowest BCUT2D eigenvalue weighted by atomic mass is 10.1. The maximum atomic E-state index is 13.4. The Morgan fingerprint density at radius 3 is 2.47 bits per heavy atom. The van der Waals surface area contributed by atoms with Crippen LogP contribution in [0.2, 0.25) is 0 Å². The quantitative estimate of drug-likeness (QED) is 0.513. The molecule has 1 aliphatic heterocycles. The summed E-state index contributed by atoms with van der Waals surface area (Å²) in [6.07, 6.45) is 0. The van der Waals surface area contributed by atoms with E-state index in [0.29, 0.717) is 61.7 Å². The Labute approximate surface area is 198 Å². The van der Waals surface area contributed by atoms with Gasteiger partial charge in [-0.3, -0.25) is 4.79 Å². The fraction of sp³-hybridized carbons (Fsp3) is 0.333. The van der Waals surface area contributed by atoms with E-state index in [0.717, 1.165) is 0 Å². The van der Waals surface area contributed by atoms with Gasteiger partial charge in [-0.15, -0.1) is 0 Å². The first-order valence-electron chi connectivity index (χ1n) is 11.2. The third kappa shape index (κ3) is 4.84. The van der Waals surface area contributed by atoms with Crippen molar-refractivity contribution in [1.82, 2.24) is 4.31 Å². The molecule has 180 valence electrons. The zero-order valence-electron chi connectivity index (χ0n) is 19.1. The lowest BCUT2D eigenvalue weighted by molar-refractivity contribution is 0.102. The number of anilines is 2. The molecule has 2 heterocycles. The third-order valence-corrected chi connectivity index (χ3v) is 7.83. The maximum Gasteiger partial charge on any atom is 0.336 e. The molecule has 34 heavy (non-hydrogen) atoms. The molecular weight excluding hydrogens is 458 g/mol. The van der Waals surface area contributed by atoms with Crippen LogP contribution in [0.15, 0.2) is 62.6 Å². The third-order valence-electron chi connectivity index (χ3n) is 5.78. The molecule has 1 N–H and O–H groups in total. The summed E-state index contributed by atoms with van der Waals surface area (Å²) in [5.74, 6) is -0.435. The highest BCUT2D eigenvalue weighted by Crippen LogP contribution is 2.28. The van der Waals surface area contributed by atoms with E-state index in [4.69, 9.17) is 9.15 Å². The van der Waals surface area contributed by atoms with Crippen LogP contribution in [-0.4, -0.2) is 58.0 Å². The van der Waals surface area contributed by atoms with Gasteiger partial charge in [0.15, 0.2) is 0 Å². The van der Waals surface area contributed by atoms with Crippen molar-refractivity contribution in [1.29, 1.82) is 0 Å². The van der Waals surface area contributed by atoms with Crippen LogP contribution in [0.3, 0.4) is 0 Å². The maximum absolute atomic E-state index is 13.4. The standard InChI is InChI=1S/C24H27N3O6S/c1-3-27(4-2)34(30,31)19-7-8-21(26-11-13-32-14-12-26)20(16-19)24(29)25-18-6-9-22-17(15-18)5-10-23(28)33-22/h5-10,15-16H,3-4,11-14H2,1-2H3,(H,25,29). The summed E-state index contributed by atoms with van der Waals surface area (Å²) in [5.41, 5.74) is 1.36. The van der Waals surface area contributed by atoms with Crippen molar-refractivity contribution < 1.29 is 22.4 Å². The summed E-state index contributed by atoms with van der Waals surface area (Å²) in [6, 6.07) is 12.5. The van der Waals surface area contributed by atoms with Gasteiger partial charge in [0.1, 0.15) is 5.58 Å². The fourth-order valence-electron chi connectivity index (χ4n) is 4.00. The number of sulfonamides is 1. The summed E-state index contributed by atoms with van der Waals surface area (Å²) >= 11 is 0. The van der Waals surface area contributed by atoms with Gasteiger partial charge in [-0.1, -0.05) is 13.8 Å². The average Bonchev–Trinajstić information content (AvgIpc) is 2.85. The summed E-state index contributed by atoms with van der Waals surface area (Å²) in [7, 11) is -3.74. The minimum absolute atomic E-state index is 0.0682. The molecule has 0 aliphatic carbocycles. The summed E-state index contributed by atoms with van der Waals surface area (Å²) in [5, 5.41) is 3.51. The number of morpholine rings is 1. The Bertz CT molecular complexity index is 1360. The molecule has 0 unspecified atom stereocenters. The zero-order valence-corrected chi connectivity index (χ0v) is 19.9. The molecule has 1 aromatic heterocycles. The number of carbonyl (C=O) groups is 1. The zero-order chi connectivity index (χ0) is 24.3. The van der Waals surface area contributed by atoms with Crippen LogP contribution in [0.4, 0.5) is 11.4 Å². The predicted octanol–water partition coefficient (Wildman–Crippen LogP) is 2.91. The number of hydrogen-bond acceptors (Lipinski definition) is 7. The largest absolute Gasteiger partial charge is 0.423 e. The highest BCUT2D eigenvalue weighted by molar-refractivity contribution is 7.89. The molecular formula is C24H27N3O6S. The molecule has 0 spiro atoms. The average molecular weight is 486 g/mol. The lowest BCUT2D eigenvalue weighted by Gasteiger charge is -2.30. The first kappa shape index (κ1) is 23.9. The summed E-state index contributed by atoms with van der Waals surface area (Å²) in [6.45, 7) is 6.45. The number of nitrogens with one attached hydrogen (secondary N) is 1. The second-order valence-electron chi connectivity index (χ2n) is 7.83. The molecule has 9 nitrogen and oxygen atoms in total. The molecule has 0 atom stereocenters. The fourth-order valence-corrected chi connectivity index (χ4v) is 5.48. The van der Waals surface area contributed by atoms with Crippen molar-refractivity contribution >= 4 is 38.3 Å². The lowest BCUT2D eigenvalue weighted by Crippen LogP contribution is -2.37. The molecule has 4 rings (SSSR count). The van der Waals surface area contributed by atoms with E-state index in [2.05, 4.69) is 5.32 Å². The van der Waals surface area contributed by atoms with Gasteiger partial charge in [-0.2, -0.15) is 4.31 Å². The number of amides is 1. The SMILES string of the molecule is CCN(CC)S(=O)(=O)c1ccc(N2CCOCC2)c(C(=O)Nc2ccc3oc(=O)ccc3c2)c1. The highest BCUT2D eigenvalue weighted by Gasteiger charge is 2.26. The molecule has 1 saturated heterocycles. The van der Waals surface area contributed by atoms with Gasteiger partial charge in [0, 0.05) is 49.0 Å². The minimum atomic E-state index is -3.74. The first-order chi connectivity index (χ1) is 16.3. The second-order valence-corrected chi connectivity index (χ2v) is 9.77. The van der Waals surface area contributed by atoms with Crippen molar-refractivity contribution in [3.8, 4) is 0 Å². The Kier molecular flexibility index (Phi) is 7.01. The van der Waals surface area contributed by atoms with Crippen molar-refractivity contribution in [3.63, 3.8) is 0 Å². The van der Waals surface area contributed by atoms with E-state index in [9.17, 15) is 18.0 Å². The van der Waals surface area contributed by atoms with Crippen molar-refractivity contribution in [2.24, 2.45) is 0 Å². The number of fused-ring (bicyclic) bond motifs is 1. The van der Waals surface area contributed by atoms with Crippen LogP contribution < -0.4 is 15.8 Å².